The Morgan fingerprint density at radius 1 is 0.825 bits per heavy atom. The number of rotatable bonds is 8. The largest absolute Gasteiger partial charge is 0.428 e. The van der Waals surface area contributed by atoms with Gasteiger partial charge in [-0.1, -0.05) is 78.0 Å². The molecule has 0 saturated carbocycles. The minimum atomic E-state index is -0.898. The molecule has 0 bridgehead atoms. The molecular formula is C29H23N7O4. The normalized spacial score (nSPS) is 11.1. The lowest BCUT2D eigenvalue weighted by molar-refractivity contribution is 0.0637. The van der Waals surface area contributed by atoms with E-state index in [9.17, 15) is 9.59 Å². The molecule has 2 aromatic heterocycles. The monoisotopic (exact) mass is 533 g/mol. The second-order valence-electron chi connectivity index (χ2n) is 8.38. The molecule has 0 N–H and O–H groups in total. The van der Waals surface area contributed by atoms with E-state index < -0.39 is 12.1 Å². The van der Waals surface area contributed by atoms with Gasteiger partial charge in [-0.05, 0) is 46.8 Å². The van der Waals surface area contributed by atoms with Gasteiger partial charge in [-0.15, -0.1) is 5.10 Å². The number of tetrazole rings is 1. The molecule has 40 heavy (non-hydrogen) atoms. The van der Waals surface area contributed by atoms with Crippen molar-refractivity contribution in [3.8, 4) is 0 Å². The maximum Gasteiger partial charge on any atom is 0.428 e. The van der Waals surface area contributed by atoms with Crippen LogP contribution in [-0.4, -0.2) is 43.0 Å². The third-order valence-corrected chi connectivity index (χ3v) is 5.66. The first-order chi connectivity index (χ1) is 19.6. The summed E-state index contributed by atoms with van der Waals surface area (Å²) in [7, 11) is 1.71. The third kappa shape index (κ3) is 6.05. The number of benzene rings is 3. The lowest BCUT2D eigenvalue weighted by Gasteiger charge is -2.21. The average Bonchev–Trinajstić information content (AvgIpc) is 3.42. The Hall–Kier alpha value is -5.71. The van der Waals surface area contributed by atoms with E-state index in [2.05, 4.69) is 25.7 Å². The molecule has 2 heterocycles. The lowest BCUT2D eigenvalue weighted by Crippen LogP contribution is -2.30. The maximum atomic E-state index is 13.2. The summed E-state index contributed by atoms with van der Waals surface area (Å²) < 4.78 is 6.69. The molecule has 0 atom stereocenters. The number of esters is 1. The highest BCUT2D eigenvalue weighted by Crippen LogP contribution is 2.25. The van der Waals surface area contributed by atoms with E-state index in [0.717, 1.165) is 5.56 Å². The van der Waals surface area contributed by atoms with Crippen LogP contribution in [0.5, 0.6) is 0 Å². The topological polar surface area (TPSA) is 125 Å². The summed E-state index contributed by atoms with van der Waals surface area (Å²) in [5.74, 6) is -0.107. The van der Waals surface area contributed by atoms with Crippen LogP contribution in [-0.2, 0) is 23.2 Å². The second kappa shape index (κ2) is 12.2. The Labute approximate surface area is 229 Å². The Morgan fingerprint density at radius 3 is 2.12 bits per heavy atom. The number of amides is 1. The summed E-state index contributed by atoms with van der Waals surface area (Å²) in [6, 6.07) is 31.5. The van der Waals surface area contributed by atoms with Crippen LogP contribution in [0.3, 0.4) is 0 Å². The molecule has 0 aliphatic heterocycles. The molecule has 0 aliphatic carbocycles. The van der Waals surface area contributed by atoms with Gasteiger partial charge in [0.05, 0.1) is 16.9 Å². The Balaban J connectivity index is 1.39. The molecular weight excluding hydrogens is 510 g/mol. The number of nitrogens with zero attached hydrogens (tertiary/aromatic N) is 7. The van der Waals surface area contributed by atoms with Gasteiger partial charge in [-0.25, -0.2) is 24.2 Å². The Bertz CT molecular complexity index is 1620. The first-order valence-electron chi connectivity index (χ1n) is 12.2. The summed E-state index contributed by atoms with van der Waals surface area (Å²) in [6.07, 6.45) is -0.898. The van der Waals surface area contributed by atoms with Crippen molar-refractivity contribution in [2.75, 3.05) is 4.90 Å². The van der Waals surface area contributed by atoms with Crippen LogP contribution in [0.2, 0.25) is 0 Å². The smallest absolute Gasteiger partial charge is 0.389 e. The first-order valence-corrected chi connectivity index (χ1v) is 12.2. The van der Waals surface area contributed by atoms with E-state index in [1.54, 1.807) is 79.8 Å². The fraction of sp³-hybridized carbons (Fsp3) is 0.0690. The number of aryl methyl sites for hydroxylation is 1. The molecule has 5 aromatic rings. The lowest BCUT2D eigenvalue weighted by atomic mass is 10.1. The van der Waals surface area contributed by atoms with Gasteiger partial charge in [0.2, 0.25) is 5.82 Å². The Morgan fingerprint density at radius 2 is 1.48 bits per heavy atom. The van der Waals surface area contributed by atoms with Gasteiger partial charge in [-0.3, -0.25) is 0 Å². The number of hydrogen-bond donors (Lipinski definition) is 0. The number of ether oxygens (including phenoxy) is 1. The van der Waals surface area contributed by atoms with Crippen LogP contribution < -0.4 is 4.90 Å². The number of aromatic nitrogens is 5. The van der Waals surface area contributed by atoms with E-state index in [0.29, 0.717) is 22.9 Å². The van der Waals surface area contributed by atoms with Crippen molar-refractivity contribution in [1.29, 1.82) is 0 Å². The molecule has 1 amide bonds. The first kappa shape index (κ1) is 25.9. The highest BCUT2D eigenvalue weighted by Gasteiger charge is 2.24. The predicted octanol–water partition coefficient (Wildman–Crippen LogP) is 4.69. The van der Waals surface area contributed by atoms with Crippen molar-refractivity contribution in [3.05, 3.63) is 132 Å². The molecule has 0 saturated heterocycles. The Kier molecular flexibility index (Phi) is 7.92. The van der Waals surface area contributed by atoms with Crippen molar-refractivity contribution in [1.82, 2.24) is 25.2 Å². The molecule has 0 spiro atoms. The van der Waals surface area contributed by atoms with Gasteiger partial charge in [0, 0.05) is 12.6 Å². The minimum absolute atomic E-state index is 0.0178. The number of hydrogen-bond acceptors (Lipinski definition) is 9. The van der Waals surface area contributed by atoms with Gasteiger partial charge >= 0.3 is 12.1 Å². The van der Waals surface area contributed by atoms with Gasteiger partial charge < -0.3 is 9.57 Å². The van der Waals surface area contributed by atoms with E-state index >= 15 is 0 Å². The van der Waals surface area contributed by atoms with Crippen LogP contribution in [0.15, 0.2) is 114 Å². The zero-order valence-electron chi connectivity index (χ0n) is 21.4. The maximum absolute atomic E-state index is 13.2. The number of carbonyl (C=O) groups excluding carboxylic acids is 2. The number of carbonyl (C=O) groups is 2. The molecule has 0 unspecified atom stereocenters. The quantitative estimate of drug-likeness (QED) is 0.122. The summed E-state index contributed by atoms with van der Waals surface area (Å²) in [5.41, 5.74) is 2.41. The molecule has 11 heteroatoms. The van der Waals surface area contributed by atoms with Crippen molar-refractivity contribution < 1.29 is 19.2 Å². The van der Waals surface area contributed by atoms with Crippen LogP contribution in [0.25, 0.3) is 0 Å². The van der Waals surface area contributed by atoms with Gasteiger partial charge in [0.1, 0.15) is 5.82 Å². The number of pyridine rings is 1. The fourth-order valence-corrected chi connectivity index (χ4v) is 3.75. The van der Waals surface area contributed by atoms with Gasteiger partial charge in [0.25, 0.3) is 0 Å². The average molecular weight is 534 g/mol. The zero-order chi connectivity index (χ0) is 27.7. The van der Waals surface area contributed by atoms with Crippen LogP contribution >= 0.6 is 0 Å². The van der Waals surface area contributed by atoms with Crippen molar-refractivity contribution in [3.63, 3.8) is 0 Å². The molecule has 11 nitrogen and oxygen atoms in total. The van der Waals surface area contributed by atoms with E-state index in [1.165, 1.54) is 9.58 Å². The molecule has 0 fully saturated rings. The third-order valence-electron chi connectivity index (χ3n) is 5.66. The standard InChI is InChI=1S/C29H23N7O4/c1-35-27(31-33-34-35)26(21-12-5-2-6-13-21)32-39-20-23-16-11-19-25(30-23)36(24-17-9-4-10-18-24)29(38)40-28(37)22-14-7-3-8-15-22/h2-19H,20H2,1H3. The minimum Gasteiger partial charge on any atom is -0.389 e. The summed E-state index contributed by atoms with van der Waals surface area (Å²) in [5, 5.41) is 15.9. The molecule has 0 radical (unpaired) electrons. The van der Waals surface area contributed by atoms with Crippen molar-refractivity contribution in [2.45, 2.75) is 6.61 Å². The molecule has 0 aliphatic rings. The van der Waals surface area contributed by atoms with E-state index in [4.69, 9.17) is 9.57 Å². The molecule has 5 rings (SSSR count). The molecule has 3 aromatic carbocycles. The number of oxime groups is 1. The number of para-hydroxylation sites is 1. The summed E-state index contributed by atoms with van der Waals surface area (Å²) in [6.45, 7) is -0.0178. The van der Waals surface area contributed by atoms with Crippen molar-refractivity contribution >= 4 is 29.3 Å². The number of anilines is 2. The van der Waals surface area contributed by atoms with Crippen molar-refractivity contribution in [2.24, 2.45) is 12.2 Å². The van der Waals surface area contributed by atoms with Crippen LogP contribution in [0, 0.1) is 0 Å². The van der Waals surface area contributed by atoms with Gasteiger partial charge in [0.15, 0.2) is 12.3 Å². The highest BCUT2D eigenvalue weighted by molar-refractivity contribution is 6.10. The second-order valence-corrected chi connectivity index (χ2v) is 8.38. The highest BCUT2D eigenvalue weighted by atomic mass is 16.6. The summed E-state index contributed by atoms with van der Waals surface area (Å²) >= 11 is 0. The SMILES string of the molecule is Cn1nnnc1C(=NOCc1cccc(N(C(=O)OC(=O)c2ccccc2)c2ccccc2)n1)c1ccccc1. The van der Waals surface area contributed by atoms with Crippen LogP contribution in [0.1, 0.15) is 27.4 Å². The van der Waals surface area contributed by atoms with E-state index in [-0.39, 0.29) is 18.0 Å². The van der Waals surface area contributed by atoms with Crippen LogP contribution in [0.4, 0.5) is 16.3 Å². The van der Waals surface area contributed by atoms with E-state index in [1.807, 2.05) is 36.4 Å². The zero-order valence-corrected chi connectivity index (χ0v) is 21.4. The van der Waals surface area contributed by atoms with Gasteiger partial charge in [-0.2, -0.15) is 0 Å². The predicted molar refractivity (Wildman–Crippen MR) is 146 cm³/mol. The molecule has 198 valence electrons. The fourth-order valence-electron chi connectivity index (χ4n) is 3.75. The summed E-state index contributed by atoms with van der Waals surface area (Å²) in [4.78, 5) is 37.3.